The minimum atomic E-state index is -4.70. The highest BCUT2D eigenvalue weighted by molar-refractivity contribution is 7.13. The number of pyridine rings is 3. The quantitative estimate of drug-likeness (QED) is 0.192. The largest absolute Gasteiger partial charge is 0.418 e. The van der Waals surface area contributed by atoms with Gasteiger partial charge in [-0.05, 0) is 24.3 Å². The van der Waals surface area contributed by atoms with Crippen LogP contribution in [0.4, 0.5) is 24.8 Å². The predicted octanol–water partition coefficient (Wildman–Crippen LogP) is 6.39. The van der Waals surface area contributed by atoms with Gasteiger partial charge in [-0.25, -0.2) is 19.5 Å². The third-order valence-corrected chi connectivity index (χ3v) is 8.82. The molecular formula is C30H25ClF3N7O3S. The number of carbonyl (C=O) groups excluding carboxylic acids is 2. The molecule has 5 aromatic heterocycles. The number of nitrogens with zero attached hydrogens (tertiary/aromatic N) is 6. The van der Waals surface area contributed by atoms with E-state index in [1.807, 2.05) is 43.6 Å². The summed E-state index contributed by atoms with van der Waals surface area (Å²) in [7, 11) is 0. The van der Waals surface area contributed by atoms with Gasteiger partial charge in [-0.1, -0.05) is 24.6 Å². The molecule has 0 bridgehead atoms. The number of amides is 1. The van der Waals surface area contributed by atoms with Crippen LogP contribution in [-0.4, -0.2) is 62.6 Å². The van der Waals surface area contributed by atoms with Crippen LogP contribution >= 0.6 is 22.9 Å². The molecule has 1 atom stereocenters. The van der Waals surface area contributed by atoms with Gasteiger partial charge in [-0.15, -0.1) is 11.3 Å². The minimum absolute atomic E-state index is 0.109. The first-order valence-electron chi connectivity index (χ1n) is 13.9. The maximum atomic E-state index is 13.3. The van der Waals surface area contributed by atoms with Crippen molar-refractivity contribution in [3.63, 3.8) is 0 Å². The lowest BCUT2D eigenvalue weighted by atomic mass is 10.0. The molecule has 0 radical (unpaired) electrons. The van der Waals surface area contributed by atoms with E-state index in [1.165, 1.54) is 12.4 Å². The lowest BCUT2D eigenvalue weighted by molar-refractivity contribution is -0.137. The summed E-state index contributed by atoms with van der Waals surface area (Å²) in [5.41, 5.74) is 1.82. The van der Waals surface area contributed by atoms with Crippen molar-refractivity contribution in [2.24, 2.45) is 0 Å². The Bertz CT molecular complexity index is 1870. The van der Waals surface area contributed by atoms with Crippen molar-refractivity contribution in [1.29, 1.82) is 0 Å². The van der Waals surface area contributed by atoms with E-state index in [9.17, 15) is 22.8 Å². The zero-order chi connectivity index (χ0) is 31.7. The average Bonchev–Trinajstić information content (AvgIpc) is 3.70. The molecule has 15 heteroatoms. The van der Waals surface area contributed by atoms with Gasteiger partial charge in [0, 0.05) is 55.1 Å². The molecule has 1 aliphatic rings. The summed E-state index contributed by atoms with van der Waals surface area (Å²) in [6, 6.07) is 8.42. The first-order chi connectivity index (χ1) is 21.6. The first kappa shape index (κ1) is 30.6. The minimum Gasteiger partial charge on any atom is -0.378 e. The third kappa shape index (κ3) is 6.67. The van der Waals surface area contributed by atoms with E-state index in [0.29, 0.717) is 35.4 Å². The standard InChI is InChI=1S/C30H25ClF3N7O3S/c1-17(29-37-15-25(45-29)28(43)39-26-11-21(30(32,33)34)22(31)14-35-26)10-24(42)20-13-38-41-16-19(2-4-23(20)41)18-3-5-27(36-12-18)40-6-8-44-9-7-40/h2-5,11-17H,6-10H2,1H3,(H,35,39,43). The maximum absolute atomic E-state index is 13.3. The van der Waals surface area contributed by atoms with Crippen LogP contribution in [0.3, 0.4) is 0 Å². The second-order valence-corrected chi connectivity index (χ2v) is 11.9. The SMILES string of the molecule is CC(CC(=O)c1cnn2cc(-c3ccc(N4CCOCC4)nc3)ccc12)c1ncc(C(=O)Nc2cc(C(F)(F)F)c(Cl)cn2)s1. The topological polar surface area (TPSA) is 115 Å². The fourth-order valence-electron chi connectivity index (χ4n) is 4.90. The Labute approximate surface area is 263 Å². The van der Waals surface area contributed by atoms with Crippen LogP contribution in [0.5, 0.6) is 0 Å². The molecule has 0 aliphatic carbocycles. The van der Waals surface area contributed by atoms with Crippen molar-refractivity contribution < 1.29 is 27.5 Å². The Morgan fingerprint density at radius 2 is 1.82 bits per heavy atom. The van der Waals surface area contributed by atoms with Crippen LogP contribution in [0.2, 0.25) is 5.02 Å². The van der Waals surface area contributed by atoms with Gasteiger partial charge in [-0.2, -0.15) is 18.3 Å². The predicted molar refractivity (Wildman–Crippen MR) is 163 cm³/mol. The van der Waals surface area contributed by atoms with E-state index < -0.39 is 22.7 Å². The number of ketones is 1. The number of thiazole rings is 1. The van der Waals surface area contributed by atoms with Gasteiger partial charge >= 0.3 is 6.18 Å². The summed E-state index contributed by atoms with van der Waals surface area (Å²) in [5.74, 6) is -0.555. The normalized spacial score (nSPS) is 14.5. The van der Waals surface area contributed by atoms with Gasteiger partial charge < -0.3 is 15.0 Å². The Morgan fingerprint density at radius 3 is 2.56 bits per heavy atom. The van der Waals surface area contributed by atoms with Crippen LogP contribution in [0.15, 0.2) is 61.3 Å². The molecule has 0 spiro atoms. The van der Waals surface area contributed by atoms with E-state index in [2.05, 4.69) is 30.3 Å². The van der Waals surface area contributed by atoms with Crippen LogP contribution in [0.25, 0.3) is 16.6 Å². The Morgan fingerprint density at radius 1 is 1.04 bits per heavy atom. The van der Waals surface area contributed by atoms with Gasteiger partial charge in [0.2, 0.25) is 0 Å². The second-order valence-electron chi connectivity index (χ2n) is 10.4. The molecule has 232 valence electrons. The average molecular weight is 656 g/mol. The number of Topliss-reactive ketones (excluding diaryl/α,β-unsaturated/α-hetero) is 1. The van der Waals surface area contributed by atoms with E-state index in [4.69, 9.17) is 16.3 Å². The van der Waals surface area contributed by atoms with Crippen LogP contribution in [-0.2, 0) is 10.9 Å². The van der Waals surface area contributed by atoms with Gasteiger partial charge in [0.15, 0.2) is 5.78 Å². The van der Waals surface area contributed by atoms with Crippen LogP contribution in [0.1, 0.15) is 49.9 Å². The monoisotopic (exact) mass is 655 g/mol. The summed E-state index contributed by atoms with van der Waals surface area (Å²) >= 11 is 6.65. The molecule has 0 saturated carbocycles. The first-order valence-corrected chi connectivity index (χ1v) is 15.1. The highest BCUT2D eigenvalue weighted by atomic mass is 35.5. The number of fused-ring (bicyclic) bond motifs is 1. The molecular weight excluding hydrogens is 631 g/mol. The number of ether oxygens (including phenoxy) is 1. The van der Waals surface area contributed by atoms with E-state index >= 15 is 0 Å². The van der Waals surface area contributed by atoms with Crippen molar-refractivity contribution in [3.8, 4) is 11.1 Å². The smallest absolute Gasteiger partial charge is 0.378 e. The number of aromatic nitrogens is 5. The molecule has 10 nitrogen and oxygen atoms in total. The molecule has 0 aromatic carbocycles. The van der Waals surface area contributed by atoms with E-state index in [-0.39, 0.29) is 28.8 Å². The summed E-state index contributed by atoms with van der Waals surface area (Å²) in [6.07, 6.45) is 2.75. The molecule has 1 amide bonds. The molecule has 6 heterocycles. The summed E-state index contributed by atoms with van der Waals surface area (Å²) < 4.78 is 46.5. The lowest BCUT2D eigenvalue weighted by Gasteiger charge is -2.27. The molecule has 1 aliphatic heterocycles. The number of nitrogens with one attached hydrogen (secondary N) is 1. The fraction of sp³-hybridized carbons (Fsp3) is 0.267. The van der Waals surface area contributed by atoms with Gasteiger partial charge in [0.05, 0.1) is 52.3 Å². The molecule has 45 heavy (non-hydrogen) atoms. The zero-order valence-electron chi connectivity index (χ0n) is 23.7. The van der Waals surface area contributed by atoms with Crippen molar-refractivity contribution in [3.05, 3.63) is 87.4 Å². The molecule has 5 aromatic rings. The van der Waals surface area contributed by atoms with Crippen molar-refractivity contribution in [2.75, 3.05) is 36.5 Å². The number of halogens is 4. The van der Waals surface area contributed by atoms with Crippen LogP contribution < -0.4 is 10.2 Å². The number of carbonyl (C=O) groups is 2. The number of hydrogen-bond donors (Lipinski definition) is 1. The van der Waals surface area contributed by atoms with Gasteiger partial charge in [-0.3, -0.25) is 9.59 Å². The summed E-state index contributed by atoms with van der Waals surface area (Å²) in [4.78, 5) is 40.9. The summed E-state index contributed by atoms with van der Waals surface area (Å²) in [5, 5.41) is 6.69. The Kier molecular flexibility index (Phi) is 8.53. The Hall–Kier alpha value is -4.40. The van der Waals surface area contributed by atoms with Crippen LogP contribution in [0, 0.1) is 0 Å². The summed E-state index contributed by atoms with van der Waals surface area (Å²) in [6.45, 7) is 4.78. The number of rotatable bonds is 8. The number of alkyl halides is 3. The fourth-order valence-corrected chi connectivity index (χ4v) is 5.98. The number of morpholine rings is 1. The highest BCUT2D eigenvalue weighted by Gasteiger charge is 2.34. The Balaban J connectivity index is 1.10. The number of anilines is 2. The molecule has 1 saturated heterocycles. The van der Waals surface area contributed by atoms with Crippen molar-refractivity contribution in [1.82, 2.24) is 24.6 Å². The highest BCUT2D eigenvalue weighted by Crippen LogP contribution is 2.35. The van der Waals surface area contributed by atoms with E-state index in [1.54, 1.807) is 4.52 Å². The van der Waals surface area contributed by atoms with Gasteiger partial charge in [0.25, 0.3) is 5.91 Å². The lowest BCUT2D eigenvalue weighted by Crippen LogP contribution is -2.36. The third-order valence-electron chi connectivity index (χ3n) is 7.30. The maximum Gasteiger partial charge on any atom is 0.418 e. The molecule has 1 N–H and O–H groups in total. The van der Waals surface area contributed by atoms with Crippen molar-refractivity contribution >= 4 is 51.8 Å². The van der Waals surface area contributed by atoms with E-state index in [0.717, 1.165) is 47.6 Å². The zero-order valence-corrected chi connectivity index (χ0v) is 25.3. The van der Waals surface area contributed by atoms with Gasteiger partial charge in [0.1, 0.15) is 16.5 Å². The molecule has 1 fully saturated rings. The molecule has 6 rings (SSSR count). The van der Waals surface area contributed by atoms with Crippen molar-refractivity contribution in [2.45, 2.75) is 25.4 Å². The molecule has 1 unspecified atom stereocenters. The number of hydrogen-bond acceptors (Lipinski definition) is 9. The second kappa shape index (κ2) is 12.5.